The predicted molar refractivity (Wildman–Crippen MR) is 71.3 cm³/mol. The zero-order chi connectivity index (χ0) is 13.2. The summed E-state index contributed by atoms with van der Waals surface area (Å²) >= 11 is 0. The molecule has 0 radical (unpaired) electrons. The fourth-order valence-corrected chi connectivity index (χ4v) is 2.17. The number of nitrogens with one attached hydrogen (secondary N) is 1. The number of ether oxygens (including phenoxy) is 1. The van der Waals surface area contributed by atoms with Gasteiger partial charge in [-0.1, -0.05) is 32.0 Å². The number of para-hydroxylation sites is 1. The topological polar surface area (TPSA) is 38.3 Å². The normalized spacial score (nSPS) is 20.3. The molecular formula is C15H21NO2. The smallest absolute Gasteiger partial charge is 0.223 e. The monoisotopic (exact) mass is 247 g/mol. The number of benzene rings is 1. The first kappa shape index (κ1) is 12.9. The summed E-state index contributed by atoms with van der Waals surface area (Å²) in [6.45, 7) is 7.40. The van der Waals surface area contributed by atoms with Crippen molar-refractivity contribution in [2.45, 2.75) is 33.7 Å². The molecule has 1 aliphatic carbocycles. The van der Waals surface area contributed by atoms with E-state index < -0.39 is 0 Å². The van der Waals surface area contributed by atoms with Gasteiger partial charge in [-0.3, -0.25) is 4.79 Å². The van der Waals surface area contributed by atoms with Gasteiger partial charge >= 0.3 is 0 Å². The van der Waals surface area contributed by atoms with Gasteiger partial charge in [-0.25, -0.2) is 0 Å². The first-order valence-electron chi connectivity index (χ1n) is 6.53. The molecule has 1 N–H and O–H groups in total. The lowest BCUT2D eigenvalue weighted by Crippen LogP contribution is -2.26. The van der Waals surface area contributed by atoms with Gasteiger partial charge in [0.05, 0.1) is 6.61 Å². The van der Waals surface area contributed by atoms with E-state index in [2.05, 4.69) is 19.2 Å². The van der Waals surface area contributed by atoms with Crippen molar-refractivity contribution >= 4 is 5.91 Å². The van der Waals surface area contributed by atoms with Gasteiger partial charge in [0.2, 0.25) is 5.91 Å². The molecule has 1 aromatic carbocycles. The molecule has 0 aromatic heterocycles. The van der Waals surface area contributed by atoms with Gasteiger partial charge in [0.15, 0.2) is 0 Å². The van der Waals surface area contributed by atoms with E-state index in [0.717, 1.165) is 17.7 Å². The average molecular weight is 247 g/mol. The molecule has 2 rings (SSSR count). The zero-order valence-corrected chi connectivity index (χ0v) is 11.3. The van der Waals surface area contributed by atoms with Gasteiger partial charge < -0.3 is 10.1 Å². The lowest BCUT2D eigenvalue weighted by atomic mass is 10.1. The van der Waals surface area contributed by atoms with Crippen LogP contribution in [0.5, 0.6) is 5.75 Å². The molecule has 1 aliphatic rings. The van der Waals surface area contributed by atoms with Crippen molar-refractivity contribution in [1.29, 1.82) is 0 Å². The Kier molecular flexibility index (Phi) is 3.60. The van der Waals surface area contributed by atoms with E-state index in [1.165, 1.54) is 0 Å². The van der Waals surface area contributed by atoms with Crippen molar-refractivity contribution in [1.82, 2.24) is 5.32 Å². The van der Waals surface area contributed by atoms with Crippen LogP contribution in [0.2, 0.25) is 0 Å². The van der Waals surface area contributed by atoms with Crippen molar-refractivity contribution in [2.24, 2.45) is 11.3 Å². The summed E-state index contributed by atoms with van der Waals surface area (Å²) in [6, 6.07) is 7.83. The second-order valence-electron chi connectivity index (χ2n) is 5.50. The number of carbonyl (C=O) groups is 1. The largest absolute Gasteiger partial charge is 0.494 e. The highest BCUT2D eigenvalue weighted by molar-refractivity contribution is 5.82. The van der Waals surface area contributed by atoms with E-state index in [0.29, 0.717) is 13.2 Å². The fourth-order valence-electron chi connectivity index (χ4n) is 2.17. The third kappa shape index (κ3) is 2.84. The molecule has 1 aromatic rings. The summed E-state index contributed by atoms with van der Waals surface area (Å²) in [6.07, 6.45) is 0.992. The van der Waals surface area contributed by atoms with Crippen molar-refractivity contribution < 1.29 is 9.53 Å². The lowest BCUT2D eigenvalue weighted by molar-refractivity contribution is -0.123. The number of hydrogen-bond donors (Lipinski definition) is 1. The second kappa shape index (κ2) is 5.01. The van der Waals surface area contributed by atoms with Crippen molar-refractivity contribution in [2.75, 3.05) is 6.61 Å². The Morgan fingerprint density at radius 2 is 2.11 bits per heavy atom. The lowest BCUT2D eigenvalue weighted by Gasteiger charge is -2.11. The molecule has 3 nitrogen and oxygen atoms in total. The maximum Gasteiger partial charge on any atom is 0.223 e. The minimum Gasteiger partial charge on any atom is -0.494 e. The summed E-state index contributed by atoms with van der Waals surface area (Å²) in [4.78, 5) is 11.9. The molecule has 18 heavy (non-hydrogen) atoms. The van der Waals surface area contributed by atoms with Gasteiger partial charge in [0, 0.05) is 18.0 Å². The zero-order valence-electron chi connectivity index (χ0n) is 11.3. The molecule has 0 aliphatic heterocycles. The number of carbonyl (C=O) groups excluding carboxylic acids is 1. The van der Waals surface area contributed by atoms with Crippen molar-refractivity contribution in [3.05, 3.63) is 29.8 Å². The van der Waals surface area contributed by atoms with Crippen molar-refractivity contribution in [3.8, 4) is 5.75 Å². The number of hydrogen-bond acceptors (Lipinski definition) is 2. The molecule has 1 amide bonds. The summed E-state index contributed by atoms with van der Waals surface area (Å²) in [7, 11) is 0. The predicted octanol–water partition coefficient (Wildman–Crippen LogP) is 2.75. The van der Waals surface area contributed by atoms with Crippen LogP contribution in [0.15, 0.2) is 24.3 Å². The number of amides is 1. The highest BCUT2D eigenvalue weighted by Gasteiger charge is 2.50. The standard InChI is InChI=1S/C15H21NO2/c1-4-18-13-8-6-5-7-11(13)10-16-14(17)12-9-15(12,2)3/h5-8,12H,4,9-10H2,1-3H3,(H,16,17). The first-order valence-corrected chi connectivity index (χ1v) is 6.53. The highest BCUT2D eigenvalue weighted by Crippen LogP contribution is 2.51. The van der Waals surface area contributed by atoms with E-state index in [1.54, 1.807) is 0 Å². The molecule has 1 fully saturated rings. The van der Waals surface area contributed by atoms with E-state index in [-0.39, 0.29) is 17.2 Å². The van der Waals surface area contributed by atoms with Crippen LogP contribution in [0.1, 0.15) is 32.8 Å². The van der Waals surface area contributed by atoms with Crippen LogP contribution in [0, 0.1) is 11.3 Å². The Morgan fingerprint density at radius 3 is 2.72 bits per heavy atom. The molecule has 1 saturated carbocycles. The Balaban J connectivity index is 1.92. The fraction of sp³-hybridized carbons (Fsp3) is 0.533. The summed E-state index contributed by atoms with van der Waals surface area (Å²) in [5.74, 6) is 1.19. The van der Waals surface area contributed by atoms with Crippen LogP contribution in [0.4, 0.5) is 0 Å². The van der Waals surface area contributed by atoms with E-state index in [9.17, 15) is 4.79 Å². The van der Waals surface area contributed by atoms with Crippen molar-refractivity contribution in [3.63, 3.8) is 0 Å². The molecule has 0 heterocycles. The average Bonchev–Trinajstić information content (AvgIpc) is 2.97. The summed E-state index contributed by atoms with van der Waals surface area (Å²) < 4.78 is 5.54. The first-order chi connectivity index (χ1) is 8.54. The molecule has 0 bridgehead atoms. The second-order valence-corrected chi connectivity index (χ2v) is 5.50. The molecular weight excluding hydrogens is 226 g/mol. The summed E-state index contributed by atoms with van der Waals surface area (Å²) in [5, 5.41) is 3.00. The van der Waals surface area contributed by atoms with Crippen LogP contribution >= 0.6 is 0 Å². The van der Waals surface area contributed by atoms with E-state index >= 15 is 0 Å². The molecule has 3 heteroatoms. The SMILES string of the molecule is CCOc1ccccc1CNC(=O)C1CC1(C)C. The number of rotatable bonds is 5. The third-order valence-electron chi connectivity index (χ3n) is 3.56. The van der Waals surface area contributed by atoms with Gasteiger partial charge in [0.25, 0.3) is 0 Å². The molecule has 0 spiro atoms. The summed E-state index contributed by atoms with van der Waals surface area (Å²) in [5.41, 5.74) is 1.22. The Hall–Kier alpha value is -1.51. The quantitative estimate of drug-likeness (QED) is 0.869. The Bertz CT molecular complexity index is 440. The van der Waals surface area contributed by atoms with Gasteiger partial charge in [-0.2, -0.15) is 0 Å². The minimum atomic E-state index is 0.159. The van der Waals surface area contributed by atoms with Crippen LogP contribution < -0.4 is 10.1 Å². The maximum absolute atomic E-state index is 11.9. The van der Waals surface area contributed by atoms with Crippen LogP contribution in [-0.2, 0) is 11.3 Å². The highest BCUT2D eigenvalue weighted by atomic mass is 16.5. The van der Waals surface area contributed by atoms with Gasteiger partial charge in [0.1, 0.15) is 5.75 Å². The molecule has 1 unspecified atom stereocenters. The third-order valence-corrected chi connectivity index (χ3v) is 3.56. The van der Waals surface area contributed by atoms with Gasteiger partial charge in [-0.05, 0) is 24.8 Å². The Labute approximate surface area is 109 Å². The van der Waals surface area contributed by atoms with Crippen LogP contribution in [0.25, 0.3) is 0 Å². The van der Waals surface area contributed by atoms with Gasteiger partial charge in [-0.15, -0.1) is 0 Å². The maximum atomic E-state index is 11.9. The minimum absolute atomic E-state index is 0.159. The Morgan fingerprint density at radius 1 is 1.44 bits per heavy atom. The van der Waals surface area contributed by atoms with Crippen LogP contribution in [0.3, 0.4) is 0 Å². The van der Waals surface area contributed by atoms with E-state index in [1.807, 2.05) is 31.2 Å². The van der Waals surface area contributed by atoms with Crippen LogP contribution in [-0.4, -0.2) is 12.5 Å². The molecule has 0 saturated heterocycles. The van der Waals surface area contributed by atoms with E-state index in [4.69, 9.17) is 4.74 Å². The molecule has 98 valence electrons. The molecule has 1 atom stereocenters.